The van der Waals surface area contributed by atoms with Gasteiger partial charge >= 0.3 is 0 Å². The molecule has 0 N–H and O–H groups in total. The number of aromatic nitrogens is 1. The molecule has 1 heterocycles. The second kappa shape index (κ2) is 4.18. The molecule has 0 aliphatic rings. The number of benzene rings is 2. The number of fused-ring (bicyclic) bond motifs is 2. The molecule has 0 unspecified atom stereocenters. The summed E-state index contributed by atoms with van der Waals surface area (Å²) in [6, 6.07) is 13.9. The predicted molar refractivity (Wildman–Crippen MR) is 72.4 cm³/mol. The largest absolute Gasteiger partial charge is 0.497 e. The zero-order valence-corrected chi connectivity index (χ0v) is 10.3. The fraction of sp³-hybridized carbons (Fsp3) is 0.133. The normalized spacial score (nSPS) is 10.8. The van der Waals surface area contributed by atoms with Gasteiger partial charge in [0.1, 0.15) is 11.5 Å². The molecule has 0 amide bonds. The van der Waals surface area contributed by atoms with Gasteiger partial charge in [0.15, 0.2) is 0 Å². The van der Waals surface area contributed by atoms with Crippen LogP contribution in [-0.4, -0.2) is 19.2 Å². The molecule has 0 spiro atoms. The molecule has 0 saturated heterocycles. The van der Waals surface area contributed by atoms with Crippen LogP contribution in [0.15, 0.2) is 42.5 Å². The third kappa shape index (κ3) is 1.74. The summed E-state index contributed by atoms with van der Waals surface area (Å²) in [6.07, 6.45) is 0. The van der Waals surface area contributed by atoms with E-state index in [-0.39, 0.29) is 0 Å². The standard InChI is InChI=1S/C15H13NO2/c1-17-12-5-6-14-11(8-12)7-10-3-4-13(18-2)9-15(10)16-14/h3-9H,1-2H3. The Kier molecular flexibility index (Phi) is 2.52. The molecule has 90 valence electrons. The first kappa shape index (κ1) is 10.8. The number of rotatable bonds is 2. The Morgan fingerprint density at radius 1 is 0.722 bits per heavy atom. The predicted octanol–water partition coefficient (Wildman–Crippen LogP) is 3.41. The smallest absolute Gasteiger partial charge is 0.121 e. The van der Waals surface area contributed by atoms with Gasteiger partial charge in [0.25, 0.3) is 0 Å². The second-order valence-electron chi connectivity index (χ2n) is 4.11. The van der Waals surface area contributed by atoms with Crippen LogP contribution in [0.1, 0.15) is 0 Å². The van der Waals surface area contributed by atoms with E-state index in [9.17, 15) is 0 Å². The summed E-state index contributed by atoms with van der Waals surface area (Å²) in [4.78, 5) is 4.63. The minimum absolute atomic E-state index is 0.822. The van der Waals surface area contributed by atoms with E-state index in [2.05, 4.69) is 11.1 Å². The van der Waals surface area contributed by atoms with Crippen molar-refractivity contribution < 1.29 is 9.47 Å². The Balaban J connectivity index is 2.28. The SMILES string of the molecule is COc1ccc2nc3cc(OC)ccc3cc2c1. The molecule has 1 aromatic heterocycles. The number of nitrogens with zero attached hydrogens (tertiary/aromatic N) is 1. The molecule has 0 fully saturated rings. The summed E-state index contributed by atoms with van der Waals surface area (Å²) < 4.78 is 10.4. The molecule has 18 heavy (non-hydrogen) atoms. The molecule has 0 atom stereocenters. The van der Waals surface area contributed by atoms with Crippen molar-refractivity contribution >= 4 is 21.8 Å². The van der Waals surface area contributed by atoms with Crippen LogP contribution >= 0.6 is 0 Å². The number of pyridine rings is 1. The maximum Gasteiger partial charge on any atom is 0.121 e. The summed E-state index contributed by atoms with van der Waals surface area (Å²) in [5.74, 6) is 1.67. The van der Waals surface area contributed by atoms with Crippen molar-refractivity contribution in [2.24, 2.45) is 0 Å². The lowest BCUT2D eigenvalue weighted by Gasteiger charge is -2.05. The third-order valence-corrected chi connectivity index (χ3v) is 3.02. The fourth-order valence-electron chi connectivity index (χ4n) is 2.04. The maximum atomic E-state index is 5.22. The van der Waals surface area contributed by atoms with Gasteiger partial charge in [-0.2, -0.15) is 0 Å². The van der Waals surface area contributed by atoms with E-state index >= 15 is 0 Å². The number of ether oxygens (including phenoxy) is 2. The van der Waals surface area contributed by atoms with E-state index in [0.29, 0.717) is 0 Å². The molecule has 0 saturated carbocycles. The van der Waals surface area contributed by atoms with Gasteiger partial charge in [0.05, 0.1) is 25.3 Å². The van der Waals surface area contributed by atoms with Gasteiger partial charge in [-0.15, -0.1) is 0 Å². The molecule has 3 nitrogen and oxygen atoms in total. The summed E-state index contributed by atoms with van der Waals surface area (Å²) in [7, 11) is 3.33. The Hall–Kier alpha value is -2.29. The van der Waals surface area contributed by atoms with Crippen molar-refractivity contribution in [3.05, 3.63) is 42.5 Å². The van der Waals surface area contributed by atoms with Crippen LogP contribution in [0.2, 0.25) is 0 Å². The van der Waals surface area contributed by atoms with Crippen molar-refractivity contribution in [3.8, 4) is 11.5 Å². The summed E-state index contributed by atoms with van der Waals surface area (Å²) in [5.41, 5.74) is 1.89. The van der Waals surface area contributed by atoms with Crippen molar-refractivity contribution in [3.63, 3.8) is 0 Å². The number of methoxy groups -OCH3 is 2. The topological polar surface area (TPSA) is 31.4 Å². The average Bonchev–Trinajstić information content (AvgIpc) is 2.43. The summed E-state index contributed by atoms with van der Waals surface area (Å²) >= 11 is 0. The first-order valence-corrected chi connectivity index (χ1v) is 5.73. The van der Waals surface area contributed by atoms with Crippen LogP contribution in [0.5, 0.6) is 11.5 Å². The van der Waals surface area contributed by atoms with Crippen LogP contribution < -0.4 is 9.47 Å². The highest BCUT2D eigenvalue weighted by atomic mass is 16.5. The highest BCUT2D eigenvalue weighted by molar-refractivity contribution is 5.93. The molecule has 3 rings (SSSR count). The summed E-state index contributed by atoms with van der Waals surface area (Å²) in [5, 5.41) is 2.17. The van der Waals surface area contributed by atoms with E-state index in [1.54, 1.807) is 14.2 Å². The van der Waals surface area contributed by atoms with E-state index in [1.807, 2.05) is 36.4 Å². The van der Waals surface area contributed by atoms with E-state index in [0.717, 1.165) is 33.3 Å². The highest BCUT2D eigenvalue weighted by Crippen LogP contribution is 2.25. The van der Waals surface area contributed by atoms with Crippen molar-refractivity contribution in [2.75, 3.05) is 14.2 Å². The van der Waals surface area contributed by atoms with Gasteiger partial charge < -0.3 is 9.47 Å². The number of hydrogen-bond acceptors (Lipinski definition) is 3. The van der Waals surface area contributed by atoms with Crippen LogP contribution in [0.4, 0.5) is 0 Å². The van der Waals surface area contributed by atoms with Gasteiger partial charge in [-0.3, -0.25) is 0 Å². The van der Waals surface area contributed by atoms with E-state index < -0.39 is 0 Å². The lowest BCUT2D eigenvalue weighted by molar-refractivity contribution is 0.415. The first-order chi connectivity index (χ1) is 8.80. The number of hydrogen-bond donors (Lipinski definition) is 0. The van der Waals surface area contributed by atoms with Gasteiger partial charge in [-0.05, 0) is 36.4 Å². The molecule has 0 bridgehead atoms. The van der Waals surface area contributed by atoms with Gasteiger partial charge in [0.2, 0.25) is 0 Å². The first-order valence-electron chi connectivity index (χ1n) is 5.73. The van der Waals surface area contributed by atoms with Crippen LogP contribution in [-0.2, 0) is 0 Å². The minimum Gasteiger partial charge on any atom is -0.497 e. The fourth-order valence-corrected chi connectivity index (χ4v) is 2.04. The van der Waals surface area contributed by atoms with Crippen molar-refractivity contribution in [1.29, 1.82) is 0 Å². The Bertz CT molecular complexity index is 659. The maximum absolute atomic E-state index is 5.22. The molecule has 3 aromatic rings. The van der Waals surface area contributed by atoms with Crippen molar-refractivity contribution in [1.82, 2.24) is 4.98 Å². The zero-order chi connectivity index (χ0) is 12.5. The van der Waals surface area contributed by atoms with Gasteiger partial charge in [0, 0.05) is 16.8 Å². The molecule has 3 heteroatoms. The van der Waals surface area contributed by atoms with Crippen LogP contribution in [0, 0.1) is 0 Å². The zero-order valence-electron chi connectivity index (χ0n) is 10.3. The van der Waals surface area contributed by atoms with Crippen molar-refractivity contribution in [2.45, 2.75) is 0 Å². The Morgan fingerprint density at radius 3 is 2.22 bits per heavy atom. The van der Waals surface area contributed by atoms with Gasteiger partial charge in [-0.1, -0.05) is 0 Å². The van der Waals surface area contributed by atoms with E-state index in [4.69, 9.17) is 9.47 Å². The molecule has 0 radical (unpaired) electrons. The van der Waals surface area contributed by atoms with E-state index in [1.165, 1.54) is 0 Å². The molecular weight excluding hydrogens is 226 g/mol. The monoisotopic (exact) mass is 239 g/mol. The van der Waals surface area contributed by atoms with Gasteiger partial charge in [-0.25, -0.2) is 4.98 Å². The molecule has 0 aliphatic heterocycles. The van der Waals surface area contributed by atoms with Crippen LogP contribution in [0.25, 0.3) is 21.8 Å². The second-order valence-corrected chi connectivity index (χ2v) is 4.11. The minimum atomic E-state index is 0.822. The quantitative estimate of drug-likeness (QED) is 0.642. The van der Waals surface area contributed by atoms with Crippen LogP contribution in [0.3, 0.4) is 0 Å². The third-order valence-electron chi connectivity index (χ3n) is 3.02. The molecule has 0 aliphatic carbocycles. The Labute approximate surface area is 105 Å². The molecular formula is C15H13NO2. The highest BCUT2D eigenvalue weighted by Gasteiger charge is 2.02. The lowest BCUT2D eigenvalue weighted by atomic mass is 10.1. The lowest BCUT2D eigenvalue weighted by Crippen LogP contribution is -1.87. The molecule has 2 aromatic carbocycles. The average molecular weight is 239 g/mol. The summed E-state index contributed by atoms with van der Waals surface area (Å²) in [6.45, 7) is 0. The Morgan fingerprint density at radius 2 is 1.44 bits per heavy atom.